The summed E-state index contributed by atoms with van der Waals surface area (Å²) in [5, 5.41) is 6.74. The minimum absolute atomic E-state index is 0.00528. The first-order chi connectivity index (χ1) is 29.7. The molecule has 2 heterocycles. The van der Waals surface area contributed by atoms with Crippen LogP contribution >= 0.6 is 0 Å². The minimum Gasteiger partial charge on any atom is -0.376 e. The van der Waals surface area contributed by atoms with Gasteiger partial charge in [0.1, 0.15) is 11.6 Å². The predicted octanol–water partition coefficient (Wildman–Crippen LogP) is 10.9. The number of methoxy groups -OCH3 is 2. The van der Waals surface area contributed by atoms with E-state index in [-0.39, 0.29) is 46.9 Å². The Bertz CT molecular complexity index is 2300. The molecule has 0 saturated heterocycles. The number of hydrogen-bond acceptors (Lipinski definition) is 6. The van der Waals surface area contributed by atoms with E-state index in [4.69, 9.17) is 19.4 Å². The van der Waals surface area contributed by atoms with E-state index < -0.39 is 10.8 Å². The number of amides is 2. The van der Waals surface area contributed by atoms with Gasteiger partial charge >= 0.3 is 0 Å². The number of nitrogens with zero attached hydrogens (tertiary/aromatic N) is 2. The molecule has 0 radical (unpaired) electrons. The van der Waals surface area contributed by atoms with Crippen molar-refractivity contribution in [1.29, 1.82) is 0 Å². The van der Waals surface area contributed by atoms with Crippen molar-refractivity contribution in [2.24, 2.45) is 21.7 Å². The van der Waals surface area contributed by atoms with Gasteiger partial charge in [0.05, 0.1) is 46.5 Å². The van der Waals surface area contributed by atoms with Crippen molar-refractivity contribution >= 4 is 11.8 Å². The maximum absolute atomic E-state index is 14.0. The van der Waals surface area contributed by atoms with Gasteiger partial charge in [-0.1, -0.05) is 151 Å². The fraction of sp³-hybridized carbons (Fsp3) is 0.385. The van der Waals surface area contributed by atoms with E-state index in [1.165, 1.54) is 0 Å². The third kappa shape index (κ3) is 8.50. The molecule has 4 N–H and O–H groups in total. The van der Waals surface area contributed by atoms with E-state index in [0.717, 1.165) is 82.1 Å². The summed E-state index contributed by atoms with van der Waals surface area (Å²) in [4.78, 5) is 44.9. The van der Waals surface area contributed by atoms with Crippen LogP contribution in [-0.4, -0.2) is 46.0 Å². The number of carbonyl (C=O) groups is 2. The lowest BCUT2D eigenvalue weighted by molar-refractivity contribution is -0.134. The molecule has 62 heavy (non-hydrogen) atoms. The van der Waals surface area contributed by atoms with Gasteiger partial charge in [-0.25, -0.2) is 9.97 Å². The molecule has 6 aromatic rings. The maximum Gasteiger partial charge on any atom is 0.229 e. The standard InChI is InChI=1S/C52H60N6O4/c1-49(2,3)41(57-47(59)51(27-28-51)43(61-7)37-15-11-9-12-16-37)45-53-31-39(55-45)35-23-19-33(20-24-35)34-21-25-36(26-22-34)40-32-54-46(56-40)42(50(4,5)6)58-48(60)52(29-30-52)44(62-8)38-17-13-10-14-18-38/h9-26,31-32,41-44H,27-30H2,1-8H3,(H,53,55)(H,54,56)(H,57,59)(H,58,60). The molecular formula is C52H60N6O4. The molecule has 0 bridgehead atoms. The van der Waals surface area contributed by atoms with Crippen LogP contribution in [0.15, 0.2) is 122 Å². The Kier molecular flexibility index (Phi) is 11.6. The highest BCUT2D eigenvalue weighted by molar-refractivity contribution is 5.87. The van der Waals surface area contributed by atoms with Gasteiger partial charge in [0.15, 0.2) is 0 Å². The lowest BCUT2D eigenvalue weighted by Crippen LogP contribution is -2.43. The van der Waals surface area contributed by atoms with Crippen LogP contribution in [0.2, 0.25) is 0 Å². The van der Waals surface area contributed by atoms with Crippen molar-refractivity contribution in [2.75, 3.05) is 14.2 Å². The number of hydrogen-bond donors (Lipinski definition) is 4. The molecule has 2 aliphatic rings. The Morgan fingerprint density at radius 3 is 1.15 bits per heavy atom. The first-order valence-electron chi connectivity index (χ1n) is 21.8. The summed E-state index contributed by atoms with van der Waals surface area (Å²) in [6.07, 6.45) is 6.30. The van der Waals surface area contributed by atoms with E-state index in [1.807, 2.05) is 73.1 Å². The number of imidazole rings is 2. The first kappa shape index (κ1) is 42.8. The minimum atomic E-state index is -0.601. The summed E-state index contributed by atoms with van der Waals surface area (Å²) >= 11 is 0. The molecule has 8 rings (SSSR count). The molecule has 2 amide bonds. The number of aromatic nitrogens is 4. The monoisotopic (exact) mass is 832 g/mol. The number of H-pyrrole nitrogens is 2. The quantitative estimate of drug-likeness (QED) is 0.0814. The Balaban J connectivity index is 0.937. The van der Waals surface area contributed by atoms with Crippen molar-refractivity contribution < 1.29 is 19.1 Å². The molecule has 4 unspecified atom stereocenters. The fourth-order valence-electron chi connectivity index (χ4n) is 8.97. The number of carbonyl (C=O) groups excluding carboxylic acids is 2. The second-order valence-electron chi connectivity index (χ2n) is 19.4. The van der Waals surface area contributed by atoms with Crippen LogP contribution in [0.25, 0.3) is 33.6 Å². The SMILES string of the molecule is COC(c1ccccc1)C1(C(=O)NC(c2nc(-c3ccc(-c4ccc(-c5c[nH]c(C(NC(=O)C6(C(OC)c7ccccc7)CC6)C(C)(C)C)n5)cc4)cc3)c[nH]2)C(C)(C)C)CC1. The van der Waals surface area contributed by atoms with Gasteiger partial charge in [-0.15, -0.1) is 0 Å². The van der Waals surface area contributed by atoms with E-state index in [1.54, 1.807) is 14.2 Å². The molecule has 10 heteroatoms. The maximum atomic E-state index is 14.0. The highest BCUT2D eigenvalue weighted by Crippen LogP contribution is 2.58. The van der Waals surface area contributed by atoms with Gasteiger partial charge in [0.25, 0.3) is 0 Å². The third-order valence-electron chi connectivity index (χ3n) is 12.9. The van der Waals surface area contributed by atoms with Crippen LogP contribution in [0.5, 0.6) is 0 Å². The number of aromatic amines is 2. The molecule has 4 aromatic carbocycles. The molecule has 4 atom stereocenters. The van der Waals surface area contributed by atoms with Crippen molar-refractivity contribution in [3.63, 3.8) is 0 Å². The van der Waals surface area contributed by atoms with E-state index in [9.17, 15) is 9.59 Å². The van der Waals surface area contributed by atoms with Gasteiger partial charge in [-0.05, 0) is 58.8 Å². The average Bonchev–Trinajstić information content (AvgIpc) is 4.14. The Labute approximate surface area is 365 Å². The van der Waals surface area contributed by atoms with Crippen LogP contribution in [0, 0.1) is 21.7 Å². The number of ether oxygens (including phenoxy) is 2. The molecular weight excluding hydrogens is 773 g/mol. The molecule has 2 fully saturated rings. The number of rotatable bonds is 15. The molecule has 0 aliphatic heterocycles. The summed E-state index contributed by atoms with van der Waals surface area (Å²) in [6.45, 7) is 12.7. The molecule has 2 aliphatic carbocycles. The van der Waals surface area contributed by atoms with E-state index in [0.29, 0.717) is 0 Å². The summed E-state index contributed by atoms with van der Waals surface area (Å²) in [6, 6.07) is 36.1. The van der Waals surface area contributed by atoms with E-state index in [2.05, 4.69) is 111 Å². The molecule has 0 spiro atoms. The lowest BCUT2D eigenvalue weighted by atomic mass is 9.84. The fourth-order valence-corrected chi connectivity index (χ4v) is 8.97. The first-order valence-corrected chi connectivity index (χ1v) is 21.8. The van der Waals surface area contributed by atoms with Gasteiger partial charge in [0, 0.05) is 37.7 Å². The predicted molar refractivity (Wildman–Crippen MR) is 243 cm³/mol. The van der Waals surface area contributed by atoms with Crippen molar-refractivity contribution in [3.05, 3.63) is 144 Å². The smallest absolute Gasteiger partial charge is 0.229 e. The van der Waals surface area contributed by atoms with Gasteiger partial charge in [-0.2, -0.15) is 0 Å². The van der Waals surface area contributed by atoms with Crippen LogP contribution in [0.3, 0.4) is 0 Å². The van der Waals surface area contributed by atoms with Crippen molar-refractivity contribution in [3.8, 4) is 33.6 Å². The number of nitrogens with one attached hydrogen (secondary N) is 4. The zero-order chi connectivity index (χ0) is 43.9. The zero-order valence-electron chi connectivity index (χ0n) is 37.2. The summed E-state index contributed by atoms with van der Waals surface area (Å²) in [5.41, 5.74) is 5.95. The third-order valence-corrected chi connectivity index (χ3v) is 12.9. The van der Waals surface area contributed by atoms with Crippen LogP contribution < -0.4 is 10.6 Å². The molecule has 2 saturated carbocycles. The van der Waals surface area contributed by atoms with E-state index >= 15 is 0 Å². The zero-order valence-corrected chi connectivity index (χ0v) is 37.2. The van der Waals surface area contributed by atoms with Gasteiger partial charge < -0.3 is 30.1 Å². The van der Waals surface area contributed by atoms with Crippen LogP contribution in [0.1, 0.15) is 114 Å². The second kappa shape index (κ2) is 16.8. The Morgan fingerprint density at radius 1 is 0.532 bits per heavy atom. The Morgan fingerprint density at radius 2 is 0.855 bits per heavy atom. The van der Waals surface area contributed by atoms with Gasteiger partial charge in [0.2, 0.25) is 11.8 Å². The van der Waals surface area contributed by atoms with Gasteiger partial charge in [-0.3, -0.25) is 9.59 Å². The Hall–Kier alpha value is -5.84. The molecule has 322 valence electrons. The lowest BCUT2D eigenvalue weighted by Gasteiger charge is -2.33. The summed E-state index contributed by atoms with van der Waals surface area (Å²) in [7, 11) is 3.37. The largest absolute Gasteiger partial charge is 0.376 e. The second-order valence-corrected chi connectivity index (χ2v) is 19.4. The molecule has 10 nitrogen and oxygen atoms in total. The normalized spacial score (nSPS) is 17.4. The average molecular weight is 833 g/mol. The number of benzene rings is 4. The van der Waals surface area contributed by atoms with Crippen molar-refractivity contribution in [2.45, 2.75) is 91.5 Å². The molecule has 2 aromatic heterocycles. The topological polar surface area (TPSA) is 134 Å². The van der Waals surface area contributed by atoms with Crippen LogP contribution in [0.4, 0.5) is 0 Å². The summed E-state index contributed by atoms with van der Waals surface area (Å²) < 4.78 is 11.9. The highest BCUT2D eigenvalue weighted by Gasteiger charge is 2.58. The van der Waals surface area contributed by atoms with Crippen LogP contribution in [-0.2, 0) is 19.1 Å². The summed E-state index contributed by atoms with van der Waals surface area (Å²) in [5.74, 6) is 1.43. The van der Waals surface area contributed by atoms with Crippen molar-refractivity contribution in [1.82, 2.24) is 30.6 Å². The highest BCUT2D eigenvalue weighted by atomic mass is 16.5.